The fourth-order valence-electron chi connectivity index (χ4n) is 3.69. The second-order valence-electron chi connectivity index (χ2n) is 7.36. The van der Waals surface area contributed by atoms with Crippen molar-refractivity contribution in [3.05, 3.63) is 77.3 Å². The molecule has 10 nitrogen and oxygen atoms in total. The van der Waals surface area contributed by atoms with E-state index in [1.165, 1.54) is 10.9 Å². The highest BCUT2D eigenvalue weighted by atomic mass is 16.3. The highest BCUT2D eigenvalue weighted by molar-refractivity contribution is 5.89. The maximum absolute atomic E-state index is 9.63. The fraction of sp³-hybridized carbons (Fsp3) is 0.130. The van der Waals surface area contributed by atoms with E-state index in [9.17, 15) is 10.4 Å². The van der Waals surface area contributed by atoms with Gasteiger partial charge in [0.15, 0.2) is 23.6 Å². The lowest BCUT2D eigenvalue weighted by atomic mass is 10.0. The van der Waals surface area contributed by atoms with Gasteiger partial charge in [-0.05, 0) is 30.7 Å². The van der Waals surface area contributed by atoms with Gasteiger partial charge in [-0.25, -0.2) is 15.0 Å². The number of nitrogen functional groups attached to an aromatic ring is 1. The Kier molecular flexibility index (Phi) is 5.01. The molecule has 4 aromatic heterocycles. The molecule has 3 N–H and O–H groups in total. The summed E-state index contributed by atoms with van der Waals surface area (Å²) in [6.45, 7) is 1.68. The second-order valence-corrected chi connectivity index (χ2v) is 7.36. The van der Waals surface area contributed by atoms with Crippen molar-refractivity contribution in [3.8, 4) is 28.7 Å². The van der Waals surface area contributed by atoms with E-state index in [1.54, 1.807) is 36.5 Å². The predicted molar refractivity (Wildman–Crippen MR) is 119 cm³/mol. The van der Waals surface area contributed by atoms with Crippen molar-refractivity contribution in [2.75, 3.05) is 5.73 Å². The third-order valence-corrected chi connectivity index (χ3v) is 5.27. The zero-order valence-corrected chi connectivity index (χ0v) is 17.6. The van der Waals surface area contributed by atoms with Gasteiger partial charge in [0, 0.05) is 11.8 Å². The molecule has 0 bridgehead atoms. The first kappa shape index (κ1) is 20.3. The van der Waals surface area contributed by atoms with E-state index in [1.807, 2.05) is 13.0 Å². The molecule has 0 radical (unpaired) electrons. The van der Waals surface area contributed by atoms with Gasteiger partial charge in [-0.3, -0.25) is 4.98 Å². The van der Waals surface area contributed by atoms with Crippen LogP contribution in [0.1, 0.15) is 28.3 Å². The number of fused-ring (bicyclic) bond motifs is 1. The van der Waals surface area contributed by atoms with Crippen LogP contribution in [-0.4, -0.2) is 34.7 Å². The Balaban J connectivity index is 1.75. The van der Waals surface area contributed by atoms with Gasteiger partial charge < -0.3 is 15.3 Å². The Morgan fingerprint density at radius 2 is 2.06 bits per heavy atom. The second kappa shape index (κ2) is 8.14. The van der Waals surface area contributed by atoms with Crippen molar-refractivity contribution < 1.29 is 9.52 Å². The fourth-order valence-corrected chi connectivity index (χ4v) is 3.69. The zero-order valence-electron chi connectivity index (χ0n) is 17.6. The molecule has 5 aromatic rings. The van der Waals surface area contributed by atoms with E-state index in [2.05, 4.69) is 26.1 Å². The van der Waals surface area contributed by atoms with Crippen LogP contribution in [0.2, 0.25) is 0 Å². The van der Waals surface area contributed by atoms with E-state index >= 15 is 0 Å². The molecule has 5 rings (SSSR count). The van der Waals surface area contributed by atoms with Gasteiger partial charge in [-0.2, -0.15) is 9.78 Å². The lowest BCUT2D eigenvalue weighted by Gasteiger charge is -2.10. The molecule has 0 amide bonds. The number of nitrogens with two attached hydrogens (primary N) is 1. The van der Waals surface area contributed by atoms with Gasteiger partial charge in [0.2, 0.25) is 5.95 Å². The number of hydrogen-bond donors (Lipinski definition) is 2. The van der Waals surface area contributed by atoms with E-state index in [-0.39, 0.29) is 12.6 Å². The summed E-state index contributed by atoms with van der Waals surface area (Å²) in [5, 5.41) is 23.5. The summed E-state index contributed by atoms with van der Waals surface area (Å²) in [5.74, 6) is 1.07. The maximum Gasteiger partial charge on any atom is 0.223 e. The molecule has 162 valence electrons. The lowest BCUT2D eigenvalue weighted by Crippen LogP contribution is -2.06. The van der Waals surface area contributed by atoms with Crippen molar-refractivity contribution >= 4 is 11.6 Å². The summed E-state index contributed by atoms with van der Waals surface area (Å²) in [6.07, 6.45) is 3.31. The number of aryl methyl sites for hydroxylation is 1. The van der Waals surface area contributed by atoms with Gasteiger partial charge in [-0.1, -0.05) is 18.2 Å². The first-order chi connectivity index (χ1) is 16.1. The Morgan fingerprint density at radius 1 is 1.18 bits per heavy atom. The maximum atomic E-state index is 9.63. The van der Waals surface area contributed by atoms with Crippen LogP contribution in [0.3, 0.4) is 0 Å². The van der Waals surface area contributed by atoms with Gasteiger partial charge in [-0.15, -0.1) is 5.10 Å². The molecule has 0 fully saturated rings. The number of nitrogens with zero attached hydrogens (tertiary/aromatic N) is 7. The lowest BCUT2D eigenvalue weighted by molar-refractivity contribution is 0.280. The van der Waals surface area contributed by atoms with Crippen molar-refractivity contribution in [1.29, 1.82) is 5.26 Å². The number of rotatable bonds is 5. The smallest absolute Gasteiger partial charge is 0.223 e. The van der Waals surface area contributed by atoms with Crippen LogP contribution in [0.15, 0.2) is 53.4 Å². The number of hydrogen-bond acceptors (Lipinski definition) is 9. The number of pyridine rings is 1. The molecule has 0 saturated heterocycles. The predicted octanol–water partition coefficient (Wildman–Crippen LogP) is 2.69. The summed E-state index contributed by atoms with van der Waals surface area (Å²) in [5.41, 5.74) is 11.0. The molecule has 1 aromatic carbocycles. The van der Waals surface area contributed by atoms with Crippen LogP contribution in [0.25, 0.3) is 28.2 Å². The summed E-state index contributed by atoms with van der Waals surface area (Å²) in [7, 11) is 0. The first-order valence-corrected chi connectivity index (χ1v) is 10.1. The molecular weight excluding hydrogens is 420 g/mol. The van der Waals surface area contributed by atoms with E-state index < -0.39 is 0 Å². The average molecular weight is 438 g/mol. The summed E-state index contributed by atoms with van der Waals surface area (Å²) >= 11 is 0. The highest BCUT2D eigenvalue weighted by Gasteiger charge is 2.24. The number of nitriles is 1. The number of aromatic nitrogens is 6. The quantitative estimate of drug-likeness (QED) is 0.422. The van der Waals surface area contributed by atoms with E-state index in [0.717, 1.165) is 0 Å². The van der Waals surface area contributed by atoms with E-state index in [4.69, 9.17) is 15.1 Å². The third kappa shape index (κ3) is 3.56. The molecule has 4 heterocycles. The molecular formula is C23H18N8O2. The van der Waals surface area contributed by atoms with Crippen LogP contribution in [-0.2, 0) is 13.0 Å². The molecule has 0 aliphatic carbocycles. The largest absolute Gasteiger partial charge is 0.443 e. The molecule has 10 heteroatoms. The zero-order chi connectivity index (χ0) is 22.9. The number of aliphatic hydroxyl groups is 1. The monoisotopic (exact) mass is 438 g/mol. The minimum Gasteiger partial charge on any atom is -0.443 e. The summed E-state index contributed by atoms with van der Waals surface area (Å²) < 4.78 is 7.15. The minimum absolute atomic E-state index is 0.130. The SMILES string of the molecule is Cc1ncoc1-c1c(-c2cccc(C#N)c2)nc(N)n2nc(Cc3ncccc3CO)nc12. The molecule has 0 aliphatic heterocycles. The Morgan fingerprint density at radius 3 is 2.82 bits per heavy atom. The molecule has 0 aliphatic rings. The minimum atomic E-state index is -0.137. The van der Waals surface area contributed by atoms with Crippen LogP contribution in [0.4, 0.5) is 5.95 Å². The van der Waals surface area contributed by atoms with Crippen LogP contribution >= 0.6 is 0 Å². The average Bonchev–Trinajstić information content (AvgIpc) is 3.46. The Bertz CT molecular complexity index is 1530. The molecule has 0 spiro atoms. The third-order valence-electron chi connectivity index (χ3n) is 5.27. The van der Waals surface area contributed by atoms with Gasteiger partial charge in [0.25, 0.3) is 0 Å². The van der Waals surface area contributed by atoms with Gasteiger partial charge >= 0.3 is 0 Å². The van der Waals surface area contributed by atoms with Gasteiger partial charge in [0.05, 0.1) is 47.3 Å². The summed E-state index contributed by atoms with van der Waals surface area (Å²) in [6, 6.07) is 12.8. The standard InChI is InChI=1S/C23H18N8O2/c1-13-21(33-12-27-13)19-20(15-5-2-4-14(8-15)10-24)29-23(25)31-22(19)28-18(30-31)9-17-16(11-32)6-3-7-26-17/h2-8,12,32H,9,11H2,1H3,(H2,25,29). The number of benzene rings is 1. The van der Waals surface area contributed by atoms with Crippen molar-refractivity contribution in [2.45, 2.75) is 20.0 Å². The number of aliphatic hydroxyl groups excluding tert-OH is 1. The van der Waals surface area contributed by atoms with Crippen molar-refractivity contribution in [2.24, 2.45) is 0 Å². The number of anilines is 1. The summed E-state index contributed by atoms with van der Waals surface area (Å²) in [4.78, 5) is 17.9. The molecule has 33 heavy (non-hydrogen) atoms. The van der Waals surface area contributed by atoms with Crippen LogP contribution < -0.4 is 5.73 Å². The Hall–Kier alpha value is -4.62. The molecule has 0 saturated carbocycles. The van der Waals surface area contributed by atoms with Crippen molar-refractivity contribution in [3.63, 3.8) is 0 Å². The normalized spacial score (nSPS) is 11.1. The number of oxazole rings is 1. The van der Waals surface area contributed by atoms with Crippen LogP contribution in [0.5, 0.6) is 0 Å². The highest BCUT2D eigenvalue weighted by Crippen LogP contribution is 2.36. The first-order valence-electron chi connectivity index (χ1n) is 10.1. The molecule has 0 atom stereocenters. The van der Waals surface area contributed by atoms with Gasteiger partial charge in [0.1, 0.15) is 0 Å². The Labute approximate surface area is 188 Å². The van der Waals surface area contributed by atoms with Crippen LogP contribution in [0, 0.1) is 18.3 Å². The topological polar surface area (TPSA) is 152 Å². The van der Waals surface area contributed by atoms with E-state index in [0.29, 0.717) is 63.0 Å². The molecule has 0 unspecified atom stereocenters. The van der Waals surface area contributed by atoms with Crippen molar-refractivity contribution in [1.82, 2.24) is 29.5 Å².